The summed E-state index contributed by atoms with van der Waals surface area (Å²) in [5.74, 6) is 1.11. The predicted octanol–water partition coefficient (Wildman–Crippen LogP) is 2.50. The highest BCUT2D eigenvalue weighted by Crippen LogP contribution is 2.41. The molecule has 6 nitrogen and oxygen atoms in total. The van der Waals surface area contributed by atoms with Crippen molar-refractivity contribution in [3.63, 3.8) is 0 Å². The predicted molar refractivity (Wildman–Crippen MR) is 67.6 cm³/mol. The first-order chi connectivity index (χ1) is 9.08. The first-order valence-electron chi connectivity index (χ1n) is 6.69. The van der Waals surface area contributed by atoms with E-state index in [2.05, 4.69) is 15.3 Å². The van der Waals surface area contributed by atoms with E-state index >= 15 is 0 Å². The Kier molecular flexibility index (Phi) is 2.85. The van der Waals surface area contributed by atoms with E-state index in [0.29, 0.717) is 18.1 Å². The van der Waals surface area contributed by atoms with Crippen LogP contribution in [0, 0.1) is 0 Å². The maximum Gasteiger partial charge on any atom is 0.273 e. The molecule has 0 amide bonds. The summed E-state index contributed by atoms with van der Waals surface area (Å²) in [6, 6.07) is 0. The molecule has 0 aromatic carbocycles. The number of methoxy groups -OCH3 is 1. The second-order valence-corrected chi connectivity index (χ2v) is 5.65. The van der Waals surface area contributed by atoms with Crippen molar-refractivity contribution in [2.75, 3.05) is 7.11 Å². The third-order valence-electron chi connectivity index (χ3n) is 4.08. The van der Waals surface area contributed by atoms with Crippen LogP contribution in [0.25, 0.3) is 0 Å². The number of oxime groups is 1. The molecule has 104 valence electrons. The van der Waals surface area contributed by atoms with Gasteiger partial charge in [-0.15, -0.1) is 0 Å². The van der Waals surface area contributed by atoms with Crippen molar-refractivity contribution in [3.05, 3.63) is 11.7 Å². The first kappa shape index (κ1) is 12.6. The van der Waals surface area contributed by atoms with Gasteiger partial charge in [-0.3, -0.25) is 0 Å². The van der Waals surface area contributed by atoms with Gasteiger partial charge in [-0.1, -0.05) is 10.3 Å². The Morgan fingerprint density at radius 1 is 1.26 bits per heavy atom. The third kappa shape index (κ3) is 1.94. The van der Waals surface area contributed by atoms with Gasteiger partial charge in [0.2, 0.25) is 11.4 Å². The lowest BCUT2D eigenvalue weighted by Crippen LogP contribution is -2.27. The Labute approximate surface area is 112 Å². The van der Waals surface area contributed by atoms with Crippen molar-refractivity contribution >= 4 is 5.71 Å². The summed E-state index contributed by atoms with van der Waals surface area (Å²) in [6.45, 7) is 3.84. The molecule has 1 unspecified atom stereocenters. The molecule has 1 aromatic rings. The minimum Gasteiger partial charge on any atom is -0.379 e. The summed E-state index contributed by atoms with van der Waals surface area (Å²) in [5.41, 5.74) is -0.0836. The number of hydrogen-bond donors (Lipinski definition) is 0. The minimum absolute atomic E-state index is 0.382. The van der Waals surface area contributed by atoms with E-state index < -0.39 is 5.60 Å². The number of aromatic nitrogens is 2. The number of rotatable bonds is 3. The summed E-state index contributed by atoms with van der Waals surface area (Å²) >= 11 is 0. The van der Waals surface area contributed by atoms with Crippen LogP contribution in [0.5, 0.6) is 0 Å². The topological polar surface area (TPSA) is 69.7 Å². The van der Waals surface area contributed by atoms with Crippen LogP contribution in [0.2, 0.25) is 0 Å². The van der Waals surface area contributed by atoms with Crippen molar-refractivity contribution in [1.82, 2.24) is 10.1 Å². The third-order valence-corrected chi connectivity index (χ3v) is 4.08. The highest BCUT2D eigenvalue weighted by atomic mass is 16.7. The fraction of sp³-hybridized carbons (Fsp3) is 0.769. The summed E-state index contributed by atoms with van der Waals surface area (Å²) < 4.78 is 11.1. The molecule has 1 atom stereocenters. The molecule has 6 heteroatoms. The van der Waals surface area contributed by atoms with Gasteiger partial charge >= 0.3 is 0 Å². The fourth-order valence-corrected chi connectivity index (χ4v) is 2.93. The van der Waals surface area contributed by atoms with E-state index in [0.717, 1.165) is 31.4 Å². The van der Waals surface area contributed by atoms with Gasteiger partial charge in [0.1, 0.15) is 5.60 Å². The molecule has 1 aliphatic heterocycles. The van der Waals surface area contributed by atoms with Gasteiger partial charge in [-0.25, -0.2) is 0 Å². The highest BCUT2D eigenvalue weighted by Gasteiger charge is 2.45. The van der Waals surface area contributed by atoms with Crippen molar-refractivity contribution < 1.29 is 14.1 Å². The van der Waals surface area contributed by atoms with Crippen LogP contribution in [0.1, 0.15) is 57.7 Å². The summed E-state index contributed by atoms with van der Waals surface area (Å²) in [6.07, 6.45) is 4.82. The largest absolute Gasteiger partial charge is 0.379 e. The zero-order valence-electron chi connectivity index (χ0n) is 11.6. The summed E-state index contributed by atoms with van der Waals surface area (Å²) in [4.78, 5) is 9.95. The molecule has 0 spiro atoms. The Hall–Kier alpha value is -1.43. The molecule has 19 heavy (non-hydrogen) atoms. The lowest BCUT2D eigenvalue weighted by molar-refractivity contribution is -0.0313. The van der Waals surface area contributed by atoms with E-state index in [1.807, 2.05) is 13.8 Å². The molecule has 1 saturated carbocycles. The number of ether oxygens (including phenoxy) is 1. The fourth-order valence-electron chi connectivity index (χ4n) is 2.93. The molecule has 0 saturated heterocycles. The smallest absolute Gasteiger partial charge is 0.273 e. The molecule has 1 aliphatic carbocycles. The zero-order valence-corrected chi connectivity index (χ0v) is 11.6. The second-order valence-electron chi connectivity index (χ2n) is 5.65. The highest BCUT2D eigenvalue weighted by molar-refractivity contribution is 5.83. The lowest BCUT2D eigenvalue weighted by atomic mass is 9.99. The molecule has 0 radical (unpaired) electrons. The van der Waals surface area contributed by atoms with Crippen LogP contribution in [0.4, 0.5) is 0 Å². The van der Waals surface area contributed by atoms with E-state index in [1.165, 1.54) is 0 Å². The van der Waals surface area contributed by atoms with Gasteiger partial charge in [0, 0.05) is 13.5 Å². The van der Waals surface area contributed by atoms with Crippen molar-refractivity contribution in [2.45, 2.75) is 57.2 Å². The summed E-state index contributed by atoms with van der Waals surface area (Å²) in [7, 11) is 1.71. The van der Waals surface area contributed by atoms with Crippen LogP contribution in [-0.4, -0.2) is 23.0 Å². The molecule has 3 rings (SSSR count). The van der Waals surface area contributed by atoms with Gasteiger partial charge in [0.15, 0.2) is 0 Å². The van der Waals surface area contributed by atoms with Crippen LogP contribution < -0.4 is 0 Å². The van der Waals surface area contributed by atoms with E-state index in [1.54, 1.807) is 7.11 Å². The Balaban J connectivity index is 1.88. The Bertz CT molecular complexity index is 505. The molecular formula is C13H19N3O3. The average molecular weight is 265 g/mol. The lowest BCUT2D eigenvalue weighted by Gasteiger charge is -2.23. The van der Waals surface area contributed by atoms with Crippen LogP contribution >= 0.6 is 0 Å². The van der Waals surface area contributed by atoms with Gasteiger partial charge < -0.3 is 14.1 Å². The standard InChI is InChI=1S/C13H19N3O3/c1-9-8-12(2,19-15-9)11-14-10(16-18-11)13(17-3)6-4-5-7-13/h4-8H2,1-3H3. The van der Waals surface area contributed by atoms with E-state index in [4.69, 9.17) is 14.1 Å². The molecule has 2 heterocycles. The van der Waals surface area contributed by atoms with E-state index in [9.17, 15) is 0 Å². The Morgan fingerprint density at radius 3 is 2.58 bits per heavy atom. The van der Waals surface area contributed by atoms with Crippen LogP contribution in [0.15, 0.2) is 9.68 Å². The first-order valence-corrected chi connectivity index (χ1v) is 6.69. The maximum absolute atomic E-state index is 5.66. The molecule has 0 bridgehead atoms. The van der Waals surface area contributed by atoms with Crippen molar-refractivity contribution in [1.29, 1.82) is 0 Å². The number of nitrogens with zero attached hydrogens (tertiary/aromatic N) is 3. The quantitative estimate of drug-likeness (QED) is 0.839. The maximum atomic E-state index is 5.66. The molecule has 0 N–H and O–H groups in total. The number of hydrogen-bond acceptors (Lipinski definition) is 6. The van der Waals surface area contributed by atoms with Gasteiger partial charge in [-0.05, 0) is 39.5 Å². The van der Waals surface area contributed by atoms with Crippen molar-refractivity contribution in [3.8, 4) is 0 Å². The normalized spacial score (nSPS) is 29.3. The van der Waals surface area contributed by atoms with Crippen molar-refractivity contribution in [2.24, 2.45) is 5.16 Å². The van der Waals surface area contributed by atoms with Crippen LogP contribution in [0.3, 0.4) is 0 Å². The SMILES string of the molecule is COC1(c2noc(C3(C)CC(C)=NO3)n2)CCCC1. The van der Waals surface area contributed by atoms with Crippen LogP contribution in [-0.2, 0) is 20.8 Å². The minimum atomic E-state index is -0.636. The van der Waals surface area contributed by atoms with Gasteiger partial charge in [-0.2, -0.15) is 4.98 Å². The molecular weight excluding hydrogens is 246 g/mol. The molecule has 1 fully saturated rings. The molecule has 1 aromatic heterocycles. The van der Waals surface area contributed by atoms with Gasteiger partial charge in [0.25, 0.3) is 5.89 Å². The van der Waals surface area contributed by atoms with E-state index in [-0.39, 0.29) is 5.60 Å². The molecule has 2 aliphatic rings. The average Bonchev–Trinajstić information content (AvgIpc) is 3.09. The van der Waals surface area contributed by atoms with Gasteiger partial charge in [0.05, 0.1) is 5.71 Å². The monoisotopic (exact) mass is 265 g/mol. The second kappa shape index (κ2) is 4.30. The summed E-state index contributed by atoms with van der Waals surface area (Å²) in [5, 5.41) is 8.08. The Morgan fingerprint density at radius 2 is 2.00 bits per heavy atom. The zero-order chi connectivity index (χ0) is 13.5.